The van der Waals surface area contributed by atoms with Crippen LogP contribution >= 0.6 is 0 Å². The van der Waals surface area contributed by atoms with Gasteiger partial charge >= 0.3 is 5.97 Å². The minimum Gasteiger partial charge on any atom is -0.507 e. The predicted octanol–water partition coefficient (Wildman–Crippen LogP) is 6.12. The summed E-state index contributed by atoms with van der Waals surface area (Å²) in [6.45, 7) is 7.30. The van der Waals surface area contributed by atoms with Gasteiger partial charge in [0, 0.05) is 29.8 Å². The number of esters is 1. The highest BCUT2D eigenvalue weighted by Crippen LogP contribution is 2.46. The number of aliphatic hydroxyl groups excluding tert-OH is 1. The van der Waals surface area contributed by atoms with E-state index in [-0.39, 0.29) is 23.8 Å². The van der Waals surface area contributed by atoms with Gasteiger partial charge in [0.1, 0.15) is 11.5 Å². The second-order valence-electron chi connectivity index (χ2n) is 9.51. The number of phenolic OH excluding ortho intramolecular Hbond substituents is 1. The third-order valence-corrected chi connectivity index (χ3v) is 6.01. The number of aliphatic imine (C=N–C) groups is 1. The second kappa shape index (κ2) is 9.27. The molecule has 1 atom stereocenters. The average Bonchev–Trinajstić information content (AvgIpc) is 2.79. The van der Waals surface area contributed by atoms with E-state index < -0.39 is 5.97 Å². The van der Waals surface area contributed by atoms with Crippen LogP contribution in [0.4, 0.5) is 0 Å². The zero-order valence-electron chi connectivity index (χ0n) is 19.9. The Hall–Kier alpha value is -3.70. The first-order valence-electron chi connectivity index (χ1n) is 11.3. The van der Waals surface area contributed by atoms with Gasteiger partial charge in [-0.05, 0) is 39.1 Å². The summed E-state index contributed by atoms with van der Waals surface area (Å²) in [5.74, 6) is -0.0181. The summed E-state index contributed by atoms with van der Waals surface area (Å²) in [5.41, 5.74) is 1.51. The number of aromatic hydroxyl groups is 1. The molecule has 0 aliphatic carbocycles. The van der Waals surface area contributed by atoms with E-state index in [0.717, 1.165) is 21.5 Å². The van der Waals surface area contributed by atoms with Gasteiger partial charge in [-0.15, -0.1) is 0 Å². The van der Waals surface area contributed by atoms with Crippen LogP contribution in [0.3, 0.4) is 0 Å². The third-order valence-electron chi connectivity index (χ3n) is 6.01. The number of aliphatic hydroxyl groups is 1. The van der Waals surface area contributed by atoms with E-state index in [1.54, 1.807) is 12.3 Å². The minimum absolute atomic E-state index is 0.0396. The number of ether oxygens (including phenoxy) is 1. The van der Waals surface area contributed by atoms with Crippen LogP contribution in [0.15, 0.2) is 71.7 Å². The monoisotopic (exact) mass is 455 g/mol. The highest BCUT2D eigenvalue weighted by Gasteiger charge is 2.24. The van der Waals surface area contributed by atoms with E-state index in [9.17, 15) is 15.0 Å². The van der Waals surface area contributed by atoms with Crippen molar-refractivity contribution < 1.29 is 19.7 Å². The molecule has 4 rings (SSSR count). The molecule has 0 aliphatic heterocycles. The number of phenols is 1. The molecule has 0 bridgehead atoms. The zero-order valence-corrected chi connectivity index (χ0v) is 19.9. The average molecular weight is 456 g/mol. The van der Waals surface area contributed by atoms with Gasteiger partial charge in [0.2, 0.25) is 0 Å². The summed E-state index contributed by atoms with van der Waals surface area (Å²) in [7, 11) is 0. The first kappa shape index (κ1) is 23.5. The molecule has 0 aliphatic rings. The maximum absolute atomic E-state index is 11.9. The van der Waals surface area contributed by atoms with Crippen LogP contribution in [0.5, 0.6) is 11.5 Å². The molecular formula is C29H29NO4. The highest BCUT2D eigenvalue weighted by molar-refractivity contribution is 6.12. The van der Waals surface area contributed by atoms with Gasteiger partial charge in [-0.3, -0.25) is 9.79 Å². The van der Waals surface area contributed by atoms with E-state index in [2.05, 4.69) is 4.99 Å². The smallest absolute Gasteiger partial charge is 0.308 e. The van der Waals surface area contributed by atoms with Crippen molar-refractivity contribution in [3.05, 3.63) is 72.3 Å². The lowest BCUT2D eigenvalue weighted by atomic mass is 9.87. The van der Waals surface area contributed by atoms with Crippen LogP contribution in [0.2, 0.25) is 0 Å². The molecule has 0 unspecified atom stereocenters. The van der Waals surface area contributed by atoms with Gasteiger partial charge in [-0.25, -0.2) is 0 Å². The first-order chi connectivity index (χ1) is 16.2. The van der Waals surface area contributed by atoms with Crippen molar-refractivity contribution in [3.8, 4) is 22.6 Å². The third kappa shape index (κ3) is 4.52. The summed E-state index contributed by atoms with van der Waals surface area (Å²) in [4.78, 5) is 16.5. The molecule has 5 nitrogen and oxygen atoms in total. The van der Waals surface area contributed by atoms with Gasteiger partial charge in [-0.2, -0.15) is 0 Å². The molecule has 174 valence electrons. The van der Waals surface area contributed by atoms with E-state index >= 15 is 0 Å². The molecule has 0 aromatic heterocycles. The number of carbonyl (C=O) groups excluding carboxylic acids is 1. The number of fused-ring (bicyclic) bond motifs is 2. The van der Waals surface area contributed by atoms with Crippen LogP contribution in [0.1, 0.15) is 33.3 Å². The van der Waals surface area contributed by atoms with Gasteiger partial charge in [0.15, 0.2) is 0 Å². The van der Waals surface area contributed by atoms with Crippen molar-refractivity contribution in [1.82, 2.24) is 0 Å². The zero-order chi connectivity index (χ0) is 24.5. The number of carbonyl (C=O) groups is 1. The van der Waals surface area contributed by atoms with Crippen LogP contribution in [0.25, 0.3) is 32.7 Å². The summed E-state index contributed by atoms with van der Waals surface area (Å²) in [6, 6.07) is 20.8. The number of hydrogen-bond acceptors (Lipinski definition) is 5. The maximum atomic E-state index is 11.9. The SMILES string of the molecule is CC(=O)Oc1ccc2ccccc2c1-c1c(O)c(C=N[C@H](CO)C(C)(C)C)cc2ccccc12. The summed E-state index contributed by atoms with van der Waals surface area (Å²) < 4.78 is 5.60. The Balaban J connectivity index is 2.05. The molecule has 0 saturated carbocycles. The van der Waals surface area contributed by atoms with Crippen LogP contribution in [-0.4, -0.2) is 35.0 Å². The molecule has 0 spiro atoms. The molecule has 0 heterocycles. The summed E-state index contributed by atoms with van der Waals surface area (Å²) >= 11 is 0. The fraction of sp³-hybridized carbons (Fsp3) is 0.241. The lowest BCUT2D eigenvalue weighted by Gasteiger charge is -2.25. The second-order valence-corrected chi connectivity index (χ2v) is 9.51. The molecular weight excluding hydrogens is 426 g/mol. The Morgan fingerprint density at radius 1 is 0.971 bits per heavy atom. The number of benzene rings is 4. The molecule has 0 amide bonds. The quantitative estimate of drug-likeness (QED) is 0.216. The lowest BCUT2D eigenvalue weighted by molar-refractivity contribution is -0.131. The Kier molecular flexibility index (Phi) is 6.40. The molecule has 34 heavy (non-hydrogen) atoms. The fourth-order valence-electron chi connectivity index (χ4n) is 4.17. The van der Waals surface area contributed by atoms with Gasteiger partial charge in [0.25, 0.3) is 0 Å². The molecule has 0 saturated heterocycles. The summed E-state index contributed by atoms with van der Waals surface area (Å²) in [6.07, 6.45) is 1.62. The maximum Gasteiger partial charge on any atom is 0.308 e. The molecule has 0 fully saturated rings. The largest absolute Gasteiger partial charge is 0.507 e. The standard InChI is InChI=1S/C29H29NO4/c1-18(32)34-24-14-13-19-9-5-7-11-22(19)26(24)27-23-12-8-6-10-20(23)15-21(28(27)33)16-30-25(17-31)29(2,3)4/h5-16,25,31,33H,17H2,1-4H3/t25-/m1/s1. The number of hydrogen-bond donors (Lipinski definition) is 2. The topological polar surface area (TPSA) is 79.1 Å². The number of rotatable bonds is 5. The Labute approximate surface area is 199 Å². The van der Waals surface area contributed by atoms with Crippen molar-refractivity contribution >= 4 is 33.7 Å². The van der Waals surface area contributed by atoms with E-state index in [4.69, 9.17) is 4.74 Å². The lowest BCUT2D eigenvalue weighted by Crippen LogP contribution is -2.28. The van der Waals surface area contributed by atoms with Crippen molar-refractivity contribution in [2.45, 2.75) is 33.7 Å². The Morgan fingerprint density at radius 3 is 2.21 bits per heavy atom. The summed E-state index contributed by atoms with van der Waals surface area (Å²) in [5, 5.41) is 24.9. The Bertz CT molecular complexity index is 1400. The normalized spacial score (nSPS) is 13.0. The van der Waals surface area contributed by atoms with Crippen LogP contribution in [-0.2, 0) is 4.79 Å². The number of nitrogens with zero attached hydrogens (tertiary/aromatic N) is 1. The van der Waals surface area contributed by atoms with Crippen molar-refractivity contribution in [2.24, 2.45) is 10.4 Å². The first-order valence-corrected chi connectivity index (χ1v) is 11.3. The highest BCUT2D eigenvalue weighted by atomic mass is 16.5. The fourth-order valence-corrected chi connectivity index (χ4v) is 4.17. The van der Waals surface area contributed by atoms with Crippen molar-refractivity contribution in [2.75, 3.05) is 6.61 Å². The van der Waals surface area contributed by atoms with E-state index in [1.165, 1.54) is 6.92 Å². The van der Waals surface area contributed by atoms with Crippen LogP contribution < -0.4 is 4.74 Å². The van der Waals surface area contributed by atoms with Crippen LogP contribution in [0, 0.1) is 5.41 Å². The Morgan fingerprint density at radius 2 is 1.59 bits per heavy atom. The minimum atomic E-state index is -0.436. The molecule has 4 aromatic carbocycles. The van der Waals surface area contributed by atoms with Crippen molar-refractivity contribution in [3.63, 3.8) is 0 Å². The predicted molar refractivity (Wildman–Crippen MR) is 138 cm³/mol. The van der Waals surface area contributed by atoms with E-state index in [0.29, 0.717) is 22.4 Å². The van der Waals surface area contributed by atoms with Crippen molar-refractivity contribution in [1.29, 1.82) is 0 Å². The molecule has 5 heteroatoms. The molecule has 2 N–H and O–H groups in total. The van der Waals surface area contributed by atoms with Gasteiger partial charge < -0.3 is 14.9 Å². The molecule has 4 aromatic rings. The van der Waals surface area contributed by atoms with Gasteiger partial charge in [0.05, 0.1) is 12.6 Å². The van der Waals surface area contributed by atoms with E-state index in [1.807, 2.05) is 81.4 Å². The molecule has 0 radical (unpaired) electrons. The van der Waals surface area contributed by atoms with Gasteiger partial charge in [-0.1, -0.05) is 75.4 Å².